The van der Waals surface area contributed by atoms with Crippen molar-refractivity contribution in [3.63, 3.8) is 0 Å². The highest BCUT2D eigenvalue weighted by atomic mass is 16.5. The van der Waals surface area contributed by atoms with Crippen LogP contribution in [0, 0.1) is 0 Å². The molecule has 1 amide bonds. The summed E-state index contributed by atoms with van der Waals surface area (Å²) in [6.45, 7) is 0. The van der Waals surface area contributed by atoms with Crippen LogP contribution >= 0.6 is 0 Å². The van der Waals surface area contributed by atoms with Crippen molar-refractivity contribution >= 4 is 5.91 Å². The fourth-order valence-electron chi connectivity index (χ4n) is 2.33. The number of hydrogen-bond donors (Lipinski definition) is 2. The lowest BCUT2D eigenvalue weighted by atomic mass is 9.95. The third kappa shape index (κ3) is 2.94. The van der Waals surface area contributed by atoms with Gasteiger partial charge in [0.25, 0.3) is 5.91 Å². The average Bonchev–Trinajstić information content (AvgIpc) is 2.40. The van der Waals surface area contributed by atoms with E-state index in [0.29, 0.717) is 5.75 Å². The van der Waals surface area contributed by atoms with Crippen LogP contribution in [0.25, 0.3) is 0 Å². The van der Waals surface area contributed by atoms with Crippen molar-refractivity contribution in [2.24, 2.45) is 0 Å². The lowest BCUT2D eigenvalue weighted by Crippen LogP contribution is -2.36. The molecular formula is C14H19NO3. The van der Waals surface area contributed by atoms with Crippen molar-refractivity contribution < 1.29 is 14.6 Å². The predicted molar refractivity (Wildman–Crippen MR) is 69.0 cm³/mol. The summed E-state index contributed by atoms with van der Waals surface area (Å²) >= 11 is 0. The number of carbonyl (C=O) groups is 1. The largest absolute Gasteiger partial charge is 0.507 e. The third-order valence-corrected chi connectivity index (χ3v) is 3.39. The Bertz CT molecular complexity index is 425. The van der Waals surface area contributed by atoms with Gasteiger partial charge in [0.1, 0.15) is 11.5 Å². The van der Waals surface area contributed by atoms with Crippen LogP contribution in [-0.4, -0.2) is 24.2 Å². The van der Waals surface area contributed by atoms with Crippen LogP contribution < -0.4 is 10.1 Å². The lowest BCUT2D eigenvalue weighted by molar-refractivity contribution is 0.0924. The normalized spacial score (nSPS) is 16.3. The fraction of sp³-hybridized carbons (Fsp3) is 0.500. The maximum atomic E-state index is 12.1. The average molecular weight is 249 g/mol. The molecule has 1 fully saturated rings. The van der Waals surface area contributed by atoms with Crippen molar-refractivity contribution in [2.75, 3.05) is 7.11 Å². The van der Waals surface area contributed by atoms with Crippen LogP contribution in [0.4, 0.5) is 0 Å². The highest BCUT2D eigenvalue weighted by molar-refractivity contribution is 5.97. The number of aromatic hydroxyl groups is 1. The number of methoxy groups -OCH3 is 1. The van der Waals surface area contributed by atoms with E-state index in [1.54, 1.807) is 12.1 Å². The molecule has 4 heteroatoms. The quantitative estimate of drug-likeness (QED) is 0.865. The van der Waals surface area contributed by atoms with Crippen molar-refractivity contribution in [2.45, 2.75) is 38.1 Å². The minimum atomic E-state index is -0.224. The van der Waals surface area contributed by atoms with Gasteiger partial charge < -0.3 is 15.2 Å². The number of ether oxygens (including phenoxy) is 1. The minimum Gasteiger partial charge on any atom is -0.507 e. The molecule has 2 N–H and O–H groups in total. The third-order valence-electron chi connectivity index (χ3n) is 3.39. The zero-order valence-corrected chi connectivity index (χ0v) is 10.6. The number of amides is 1. The second-order valence-electron chi connectivity index (χ2n) is 4.69. The second-order valence-corrected chi connectivity index (χ2v) is 4.69. The number of phenols is 1. The van der Waals surface area contributed by atoms with Crippen LogP contribution in [0.3, 0.4) is 0 Å². The Kier molecular flexibility index (Phi) is 4.07. The van der Waals surface area contributed by atoms with Gasteiger partial charge in [-0.05, 0) is 31.0 Å². The van der Waals surface area contributed by atoms with Crippen LogP contribution in [0.5, 0.6) is 11.5 Å². The maximum Gasteiger partial charge on any atom is 0.255 e. The van der Waals surface area contributed by atoms with Gasteiger partial charge in [0.2, 0.25) is 0 Å². The Morgan fingerprint density at radius 1 is 1.33 bits per heavy atom. The summed E-state index contributed by atoms with van der Waals surface area (Å²) in [4.78, 5) is 12.1. The minimum absolute atomic E-state index is 0.0101. The summed E-state index contributed by atoms with van der Waals surface area (Å²) in [7, 11) is 1.54. The van der Waals surface area contributed by atoms with Gasteiger partial charge in [-0.2, -0.15) is 0 Å². The van der Waals surface area contributed by atoms with Gasteiger partial charge in [0.05, 0.1) is 12.7 Å². The van der Waals surface area contributed by atoms with E-state index >= 15 is 0 Å². The Labute approximate surface area is 107 Å². The number of phenolic OH excluding ortho intramolecular Hbond substituents is 1. The monoisotopic (exact) mass is 249 g/mol. The van der Waals surface area contributed by atoms with E-state index in [-0.39, 0.29) is 23.3 Å². The molecule has 98 valence electrons. The summed E-state index contributed by atoms with van der Waals surface area (Å²) < 4.78 is 5.06. The van der Waals surface area contributed by atoms with Crippen molar-refractivity contribution in [3.05, 3.63) is 23.8 Å². The van der Waals surface area contributed by atoms with Gasteiger partial charge in [0, 0.05) is 6.04 Å². The SMILES string of the molecule is COc1ccc(O)c(C(=O)NC2CCCCC2)c1. The number of carbonyl (C=O) groups excluding carboxylic acids is 1. The first-order chi connectivity index (χ1) is 8.70. The molecule has 0 saturated heterocycles. The van der Waals surface area contributed by atoms with Gasteiger partial charge in [-0.1, -0.05) is 19.3 Å². The van der Waals surface area contributed by atoms with Crippen molar-refractivity contribution in [3.8, 4) is 11.5 Å². The van der Waals surface area contributed by atoms with E-state index in [9.17, 15) is 9.90 Å². The summed E-state index contributed by atoms with van der Waals surface area (Å²) in [5.41, 5.74) is 0.278. The predicted octanol–water partition coefficient (Wildman–Crippen LogP) is 2.46. The van der Waals surface area contributed by atoms with E-state index in [1.165, 1.54) is 19.6 Å². The molecule has 1 aromatic carbocycles. The summed E-state index contributed by atoms with van der Waals surface area (Å²) in [5.74, 6) is 0.337. The molecule has 0 aliphatic heterocycles. The standard InChI is InChI=1S/C14H19NO3/c1-18-11-7-8-13(16)12(9-11)14(17)15-10-5-3-2-4-6-10/h7-10,16H,2-6H2,1H3,(H,15,17). The van der Waals surface area contributed by atoms with Crippen LogP contribution in [0.1, 0.15) is 42.5 Å². The molecule has 4 nitrogen and oxygen atoms in total. The molecule has 18 heavy (non-hydrogen) atoms. The van der Waals surface area contributed by atoms with Crippen LogP contribution in [0.15, 0.2) is 18.2 Å². The zero-order chi connectivity index (χ0) is 13.0. The van der Waals surface area contributed by atoms with Gasteiger partial charge in [-0.15, -0.1) is 0 Å². The summed E-state index contributed by atoms with van der Waals surface area (Å²) in [5, 5.41) is 12.7. The van der Waals surface area contributed by atoms with E-state index in [4.69, 9.17) is 4.74 Å². The van der Waals surface area contributed by atoms with Gasteiger partial charge in [0.15, 0.2) is 0 Å². The summed E-state index contributed by atoms with van der Waals surface area (Å²) in [6.07, 6.45) is 5.62. The highest BCUT2D eigenvalue weighted by Crippen LogP contribution is 2.24. The second kappa shape index (κ2) is 5.76. The molecule has 1 aliphatic carbocycles. The van der Waals surface area contributed by atoms with Gasteiger partial charge in [-0.25, -0.2) is 0 Å². The first kappa shape index (κ1) is 12.7. The topological polar surface area (TPSA) is 58.6 Å². The van der Waals surface area contributed by atoms with E-state index in [0.717, 1.165) is 25.7 Å². The van der Waals surface area contributed by atoms with Crippen LogP contribution in [-0.2, 0) is 0 Å². The summed E-state index contributed by atoms with van der Waals surface area (Å²) in [6, 6.07) is 4.91. The lowest BCUT2D eigenvalue weighted by Gasteiger charge is -2.23. The van der Waals surface area contributed by atoms with Crippen LogP contribution in [0.2, 0.25) is 0 Å². The number of hydrogen-bond acceptors (Lipinski definition) is 3. The fourth-order valence-corrected chi connectivity index (χ4v) is 2.33. The molecule has 2 rings (SSSR count). The van der Waals surface area contributed by atoms with E-state index < -0.39 is 0 Å². The molecule has 0 bridgehead atoms. The number of rotatable bonds is 3. The molecule has 0 radical (unpaired) electrons. The van der Waals surface area contributed by atoms with Gasteiger partial charge in [-0.3, -0.25) is 4.79 Å². The first-order valence-electron chi connectivity index (χ1n) is 6.38. The molecule has 0 spiro atoms. The number of benzene rings is 1. The Morgan fingerprint density at radius 2 is 2.06 bits per heavy atom. The maximum absolute atomic E-state index is 12.1. The molecule has 0 heterocycles. The van der Waals surface area contributed by atoms with Crippen molar-refractivity contribution in [1.29, 1.82) is 0 Å². The van der Waals surface area contributed by atoms with E-state index in [2.05, 4.69) is 5.32 Å². The molecule has 0 unspecified atom stereocenters. The number of nitrogens with one attached hydrogen (secondary N) is 1. The Hall–Kier alpha value is -1.71. The first-order valence-corrected chi connectivity index (χ1v) is 6.38. The van der Waals surface area contributed by atoms with Gasteiger partial charge >= 0.3 is 0 Å². The van der Waals surface area contributed by atoms with Crippen molar-refractivity contribution in [1.82, 2.24) is 5.32 Å². The molecule has 1 aliphatic rings. The molecule has 0 aromatic heterocycles. The highest BCUT2D eigenvalue weighted by Gasteiger charge is 2.18. The zero-order valence-electron chi connectivity index (χ0n) is 10.6. The molecule has 1 saturated carbocycles. The Balaban J connectivity index is 2.07. The molecule has 0 atom stereocenters. The smallest absolute Gasteiger partial charge is 0.255 e. The Morgan fingerprint density at radius 3 is 2.72 bits per heavy atom. The molecule has 1 aromatic rings. The van der Waals surface area contributed by atoms with E-state index in [1.807, 2.05) is 0 Å². The molecular weight excluding hydrogens is 230 g/mol.